The molecule has 1 aromatic heterocycles. The molecule has 0 amide bonds. The number of nitrogens with zero attached hydrogens (tertiary/aromatic N) is 4. The van der Waals surface area contributed by atoms with Crippen molar-refractivity contribution >= 4 is 27.2 Å². The van der Waals surface area contributed by atoms with E-state index >= 15 is 0 Å². The molecule has 1 atom stereocenters. The number of rotatable bonds is 4. The molecule has 35 heavy (non-hydrogen) atoms. The molecule has 1 saturated carbocycles. The summed E-state index contributed by atoms with van der Waals surface area (Å²) in [6.45, 7) is 5.76. The summed E-state index contributed by atoms with van der Waals surface area (Å²) in [7, 11) is -2.96. The Balaban J connectivity index is 1.18. The summed E-state index contributed by atoms with van der Waals surface area (Å²) in [5, 5.41) is 7.07. The molecule has 1 aromatic carbocycles. The van der Waals surface area contributed by atoms with Crippen LogP contribution >= 0.6 is 0 Å². The molecule has 1 unspecified atom stereocenters. The van der Waals surface area contributed by atoms with Gasteiger partial charge in [0.1, 0.15) is 30.3 Å². The Labute approximate surface area is 206 Å². The number of ether oxygens (including phenoxy) is 1. The molecule has 4 aliphatic heterocycles. The van der Waals surface area contributed by atoms with Crippen molar-refractivity contribution in [2.45, 2.75) is 43.7 Å². The number of aromatic nitrogens is 2. The van der Waals surface area contributed by atoms with Crippen LogP contribution in [0.25, 0.3) is 0 Å². The van der Waals surface area contributed by atoms with E-state index in [1.165, 1.54) is 30.4 Å². The number of fused-ring (bicyclic) bond motifs is 2. The highest BCUT2D eigenvalue weighted by atomic mass is 32.2. The largest absolute Gasteiger partial charge is 0.486 e. The zero-order chi connectivity index (χ0) is 23.6. The van der Waals surface area contributed by atoms with Gasteiger partial charge in [-0.1, -0.05) is 6.07 Å². The molecule has 0 radical (unpaired) electrons. The predicted molar refractivity (Wildman–Crippen MR) is 135 cm³/mol. The molecular weight excluding hydrogens is 464 g/mol. The van der Waals surface area contributed by atoms with Crippen molar-refractivity contribution in [2.24, 2.45) is 0 Å². The lowest BCUT2D eigenvalue weighted by atomic mass is 9.87. The SMILES string of the molecule is O=S1(=O)CCN(c2ncnc3c2COc2c(cc(C4CN(C5CCNC5)C4)cc2C2CC2)N3)CC1. The average Bonchev–Trinajstić information content (AvgIpc) is 3.56. The Hall–Kier alpha value is -2.43. The fourth-order valence-corrected chi connectivity index (χ4v) is 7.15. The minimum absolute atomic E-state index is 0.158. The van der Waals surface area contributed by atoms with Gasteiger partial charge in [0, 0.05) is 44.7 Å². The zero-order valence-corrected chi connectivity index (χ0v) is 20.7. The van der Waals surface area contributed by atoms with Crippen LogP contribution in [0.3, 0.4) is 0 Å². The second-order valence-corrected chi connectivity index (χ2v) is 12.9. The van der Waals surface area contributed by atoms with Crippen LogP contribution in [-0.2, 0) is 16.4 Å². The lowest BCUT2D eigenvalue weighted by Crippen LogP contribution is -2.51. The predicted octanol–water partition coefficient (Wildman–Crippen LogP) is 1.99. The molecule has 2 aromatic rings. The molecule has 5 aliphatic rings. The molecule has 3 saturated heterocycles. The van der Waals surface area contributed by atoms with E-state index in [9.17, 15) is 8.42 Å². The molecule has 0 spiro atoms. The molecular formula is C25H32N6O3S. The number of hydrogen-bond acceptors (Lipinski definition) is 9. The second-order valence-electron chi connectivity index (χ2n) is 10.6. The van der Waals surface area contributed by atoms with E-state index in [0.29, 0.717) is 37.6 Å². The van der Waals surface area contributed by atoms with Crippen molar-refractivity contribution in [2.75, 3.05) is 61.0 Å². The fourth-order valence-electron chi connectivity index (χ4n) is 5.95. The number of nitrogens with one attached hydrogen (secondary N) is 2. The van der Waals surface area contributed by atoms with E-state index < -0.39 is 9.84 Å². The Morgan fingerprint density at radius 3 is 2.60 bits per heavy atom. The Morgan fingerprint density at radius 1 is 1.03 bits per heavy atom. The first-order valence-electron chi connectivity index (χ1n) is 12.9. The summed E-state index contributed by atoms with van der Waals surface area (Å²) in [4.78, 5) is 13.8. The quantitative estimate of drug-likeness (QED) is 0.658. The first kappa shape index (κ1) is 21.8. The van der Waals surface area contributed by atoms with Gasteiger partial charge in [0.15, 0.2) is 9.84 Å². The van der Waals surface area contributed by atoms with Gasteiger partial charge >= 0.3 is 0 Å². The van der Waals surface area contributed by atoms with Crippen molar-refractivity contribution in [1.82, 2.24) is 20.2 Å². The van der Waals surface area contributed by atoms with Crippen molar-refractivity contribution < 1.29 is 13.2 Å². The molecule has 9 nitrogen and oxygen atoms in total. The van der Waals surface area contributed by atoms with E-state index in [2.05, 4.69) is 42.5 Å². The maximum Gasteiger partial charge on any atom is 0.153 e. The van der Waals surface area contributed by atoms with Crippen molar-refractivity contribution in [3.8, 4) is 5.75 Å². The minimum atomic E-state index is -2.96. The van der Waals surface area contributed by atoms with Crippen molar-refractivity contribution in [3.05, 3.63) is 35.2 Å². The summed E-state index contributed by atoms with van der Waals surface area (Å²) in [5.74, 6) is 3.92. The van der Waals surface area contributed by atoms with Gasteiger partial charge in [0.25, 0.3) is 0 Å². The molecule has 7 rings (SSSR count). The number of benzene rings is 1. The minimum Gasteiger partial charge on any atom is -0.486 e. The van der Waals surface area contributed by atoms with Gasteiger partial charge in [0.05, 0.1) is 22.8 Å². The first-order chi connectivity index (χ1) is 17.0. The number of anilines is 3. The van der Waals surface area contributed by atoms with E-state index in [1.807, 2.05) is 0 Å². The molecule has 186 valence electrons. The smallest absolute Gasteiger partial charge is 0.153 e. The van der Waals surface area contributed by atoms with Gasteiger partial charge in [-0.05, 0) is 48.9 Å². The maximum absolute atomic E-state index is 11.9. The number of sulfone groups is 1. The molecule has 2 N–H and O–H groups in total. The molecule has 5 heterocycles. The van der Waals surface area contributed by atoms with Crippen molar-refractivity contribution in [1.29, 1.82) is 0 Å². The van der Waals surface area contributed by atoms with Crippen LogP contribution in [0.4, 0.5) is 17.3 Å². The third-order valence-electron chi connectivity index (χ3n) is 8.27. The Kier molecular flexibility index (Phi) is 5.18. The number of hydrogen-bond donors (Lipinski definition) is 2. The van der Waals surface area contributed by atoms with E-state index in [4.69, 9.17) is 4.74 Å². The Morgan fingerprint density at radius 2 is 1.86 bits per heavy atom. The third kappa shape index (κ3) is 4.05. The number of likely N-dealkylation sites (tertiary alicyclic amines) is 1. The summed E-state index contributed by atoms with van der Waals surface area (Å²) < 4.78 is 30.3. The van der Waals surface area contributed by atoms with Crippen LogP contribution in [0.15, 0.2) is 18.5 Å². The summed E-state index contributed by atoms with van der Waals surface area (Å²) in [6.07, 6.45) is 5.25. The molecule has 0 bridgehead atoms. The standard InChI is InChI=1S/C25H32N6O3S/c32-35(33)7-5-30(6-8-35)25-21-14-34-23-20(16-1-2-16)9-17(10-22(23)29-24(21)27-15-28-25)18-12-31(13-18)19-3-4-26-11-19/h9-10,15-16,18-19,26H,1-8,11-14H2,(H,27,28,29). The van der Waals surface area contributed by atoms with Crippen LogP contribution < -0.4 is 20.3 Å². The Bertz CT molecular complexity index is 1240. The van der Waals surface area contributed by atoms with E-state index in [1.54, 1.807) is 6.33 Å². The van der Waals surface area contributed by atoms with Gasteiger partial charge in [-0.2, -0.15) is 0 Å². The lowest BCUT2D eigenvalue weighted by Gasteiger charge is -2.43. The third-order valence-corrected chi connectivity index (χ3v) is 9.88. The normalized spacial score (nSPS) is 26.2. The average molecular weight is 497 g/mol. The van der Waals surface area contributed by atoms with Gasteiger partial charge in [-0.25, -0.2) is 18.4 Å². The highest BCUT2D eigenvalue weighted by Gasteiger charge is 2.37. The lowest BCUT2D eigenvalue weighted by molar-refractivity contribution is 0.101. The summed E-state index contributed by atoms with van der Waals surface area (Å²) in [6, 6.07) is 5.34. The van der Waals surface area contributed by atoms with Crippen molar-refractivity contribution in [3.63, 3.8) is 0 Å². The van der Waals surface area contributed by atoms with Gasteiger partial charge in [-0.3, -0.25) is 4.90 Å². The van der Waals surface area contributed by atoms with Crippen LogP contribution in [0.5, 0.6) is 5.75 Å². The first-order valence-corrected chi connectivity index (χ1v) is 14.7. The van der Waals surface area contributed by atoms with Gasteiger partial charge in [-0.15, -0.1) is 0 Å². The summed E-state index contributed by atoms with van der Waals surface area (Å²) in [5.41, 5.74) is 4.60. The van der Waals surface area contributed by atoms with E-state index in [0.717, 1.165) is 54.8 Å². The second kappa shape index (κ2) is 8.31. The van der Waals surface area contributed by atoms with Crippen LogP contribution in [0.2, 0.25) is 0 Å². The van der Waals surface area contributed by atoms with Gasteiger partial charge in [0.2, 0.25) is 0 Å². The van der Waals surface area contributed by atoms with Gasteiger partial charge < -0.3 is 20.3 Å². The fraction of sp³-hybridized carbons (Fsp3) is 0.600. The zero-order valence-electron chi connectivity index (χ0n) is 19.9. The molecule has 10 heteroatoms. The van der Waals surface area contributed by atoms with Crippen LogP contribution in [0.1, 0.15) is 47.8 Å². The summed E-state index contributed by atoms with van der Waals surface area (Å²) >= 11 is 0. The monoisotopic (exact) mass is 496 g/mol. The molecule has 4 fully saturated rings. The molecule has 1 aliphatic carbocycles. The van der Waals surface area contributed by atoms with Crippen LogP contribution in [0, 0.1) is 0 Å². The maximum atomic E-state index is 11.9. The highest BCUT2D eigenvalue weighted by Crippen LogP contribution is 2.50. The highest BCUT2D eigenvalue weighted by molar-refractivity contribution is 7.91. The van der Waals surface area contributed by atoms with Crippen LogP contribution in [-0.4, -0.2) is 80.1 Å². The van der Waals surface area contributed by atoms with E-state index in [-0.39, 0.29) is 11.5 Å². The topological polar surface area (TPSA) is 99.7 Å².